The highest BCUT2D eigenvalue weighted by Crippen LogP contribution is 2.47. The van der Waals surface area contributed by atoms with Crippen molar-refractivity contribution in [2.75, 3.05) is 4.90 Å². The Morgan fingerprint density at radius 3 is 2.50 bits per heavy atom. The number of carbonyl (C=O) groups is 3. The number of fused-ring (bicyclic) bond motifs is 2. The van der Waals surface area contributed by atoms with Crippen molar-refractivity contribution in [3.8, 4) is 0 Å². The Bertz CT molecular complexity index is 881. The van der Waals surface area contributed by atoms with Crippen molar-refractivity contribution in [1.29, 1.82) is 0 Å². The molecule has 3 amide bonds. The summed E-state index contributed by atoms with van der Waals surface area (Å²) >= 11 is 6.08. The number of amides is 3. The number of hydrogen-bond donors (Lipinski definition) is 1. The van der Waals surface area contributed by atoms with Crippen molar-refractivity contribution in [3.05, 3.63) is 64.7 Å². The van der Waals surface area contributed by atoms with Gasteiger partial charge in [0.1, 0.15) is 0 Å². The van der Waals surface area contributed by atoms with Crippen molar-refractivity contribution in [2.24, 2.45) is 0 Å². The van der Waals surface area contributed by atoms with E-state index in [1.807, 2.05) is 30.3 Å². The Balaban J connectivity index is 1.85. The maximum absolute atomic E-state index is 13.1. The lowest BCUT2D eigenvalue weighted by molar-refractivity contribution is -0.133. The van der Waals surface area contributed by atoms with E-state index in [0.29, 0.717) is 22.8 Å². The van der Waals surface area contributed by atoms with Gasteiger partial charge in [0.05, 0.1) is 13.0 Å². The average Bonchev–Trinajstić information content (AvgIpc) is 2.98. The highest BCUT2D eigenvalue weighted by Gasteiger charge is 2.61. The maximum Gasteiger partial charge on any atom is 0.248 e. The molecule has 120 valence electrons. The van der Waals surface area contributed by atoms with Crippen molar-refractivity contribution in [1.82, 2.24) is 5.32 Å². The second kappa shape index (κ2) is 5.18. The lowest BCUT2D eigenvalue weighted by atomic mass is 9.80. The van der Waals surface area contributed by atoms with Crippen molar-refractivity contribution in [3.63, 3.8) is 0 Å². The average molecular weight is 341 g/mol. The van der Waals surface area contributed by atoms with Crippen LogP contribution in [0.1, 0.15) is 17.5 Å². The number of nitrogens with one attached hydrogen (secondary N) is 1. The van der Waals surface area contributed by atoms with Gasteiger partial charge < -0.3 is 4.90 Å². The molecular weight excluding hydrogens is 328 g/mol. The summed E-state index contributed by atoms with van der Waals surface area (Å²) in [5, 5.41) is 2.68. The first kappa shape index (κ1) is 14.9. The fraction of sp³-hybridized carbons (Fsp3) is 0.167. The lowest BCUT2D eigenvalue weighted by Gasteiger charge is -2.20. The van der Waals surface area contributed by atoms with Crippen LogP contribution in [0.25, 0.3) is 0 Å². The summed E-state index contributed by atoms with van der Waals surface area (Å²) in [5.74, 6) is -1.40. The van der Waals surface area contributed by atoms with Gasteiger partial charge in [-0.1, -0.05) is 41.9 Å². The van der Waals surface area contributed by atoms with Gasteiger partial charge in [0, 0.05) is 16.3 Å². The summed E-state index contributed by atoms with van der Waals surface area (Å²) in [6.07, 6.45) is -0.177. The van der Waals surface area contributed by atoms with Gasteiger partial charge in [-0.2, -0.15) is 0 Å². The molecule has 0 aromatic heterocycles. The number of halogens is 1. The number of rotatable bonds is 2. The van der Waals surface area contributed by atoms with E-state index >= 15 is 0 Å². The standard InChI is InChI=1S/C18H13ClN2O3/c19-12-6-7-14-13(8-12)18(9-15(22)20-16(18)23)17(24)21(14)10-11-4-2-1-3-5-11/h1-8H,9-10H2,(H,20,22,23). The van der Waals surface area contributed by atoms with Gasteiger partial charge in [0.25, 0.3) is 0 Å². The molecule has 0 saturated carbocycles. The summed E-state index contributed by atoms with van der Waals surface area (Å²) in [4.78, 5) is 38.9. The molecule has 1 unspecified atom stereocenters. The Kier molecular flexibility index (Phi) is 3.21. The minimum atomic E-state index is -1.49. The fourth-order valence-corrected chi connectivity index (χ4v) is 3.62. The van der Waals surface area contributed by atoms with Gasteiger partial charge in [0.2, 0.25) is 17.7 Å². The van der Waals surface area contributed by atoms with E-state index in [2.05, 4.69) is 5.32 Å². The first-order valence-corrected chi connectivity index (χ1v) is 7.90. The van der Waals surface area contributed by atoms with Crippen LogP contribution in [0.15, 0.2) is 48.5 Å². The van der Waals surface area contributed by atoms with Gasteiger partial charge in [-0.25, -0.2) is 0 Å². The van der Waals surface area contributed by atoms with Crippen molar-refractivity contribution in [2.45, 2.75) is 18.4 Å². The first-order chi connectivity index (χ1) is 11.5. The SMILES string of the molecule is O=C1CC2(C(=O)N1)C(=O)N(Cc1ccccc1)c1ccc(Cl)cc12. The third-order valence-electron chi connectivity index (χ3n) is 4.57. The van der Waals surface area contributed by atoms with E-state index in [-0.39, 0.29) is 12.3 Å². The van der Waals surface area contributed by atoms with Crippen LogP contribution < -0.4 is 10.2 Å². The fourth-order valence-electron chi connectivity index (χ4n) is 3.45. The number of imide groups is 1. The van der Waals surface area contributed by atoms with Crippen LogP contribution in [-0.2, 0) is 26.3 Å². The topological polar surface area (TPSA) is 66.5 Å². The summed E-state index contributed by atoms with van der Waals surface area (Å²) in [6, 6.07) is 14.5. The van der Waals surface area contributed by atoms with Crippen LogP contribution in [0.2, 0.25) is 5.02 Å². The summed E-state index contributed by atoms with van der Waals surface area (Å²) in [7, 11) is 0. The molecular formula is C18H13ClN2O3. The third kappa shape index (κ3) is 1.98. The van der Waals surface area contributed by atoms with E-state index in [9.17, 15) is 14.4 Å². The molecule has 0 bridgehead atoms. The molecule has 1 saturated heterocycles. The Hall–Kier alpha value is -2.66. The predicted molar refractivity (Wildman–Crippen MR) is 88.5 cm³/mol. The van der Waals surface area contributed by atoms with Gasteiger partial charge in [-0.05, 0) is 23.8 Å². The van der Waals surface area contributed by atoms with Crippen molar-refractivity contribution >= 4 is 35.0 Å². The highest BCUT2D eigenvalue weighted by molar-refractivity contribution is 6.32. The molecule has 2 aromatic carbocycles. The van der Waals surface area contributed by atoms with Gasteiger partial charge in [-0.15, -0.1) is 0 Å². The molecule has 2 aromatic rings. The van der Waals surface area contributed by atoms with Crippen LogP contribution in [0.3, 0.4) is 0 Å². The normalized spacial score (nSPS) is 22.2. The van der Waals surface area contributed by atoms with E-state index in [0.717, 1.165) is 5.56 Å². The molecule has 1 spiro atoms. The zero-order valence-electron chi connectivity index (χ0n) is 12.6. The molecule has 1 atom stereocenters. The molecule has 6 heteroatoms. The molecule has 1 N–H and O–H groups in total. The summed E-state index contributed by atoms with van der Waals surface area (Å²) in [5.41, 5.74) is 0.567. The minimum Gasteiger partial charge on any atom is -0.306 e. The Morgan fingerprint density at radius 2 is 1.83 bits per heavy atom. The molecule has 1 fully saturated rings. The number of benzene rings is 2. The molecule has 2 aliphatic heterocycles. The predicted octanol–water partition coefficient (Wildman–Crippen LogP) is 2.17. The molecule has 4 rings (SSSR count). The van der Waals surface area contributed by atoms with E-state index in [1.165, 1.54) is 0 Å². The smallest absolute Gasteiger partial charge is 0.248 e. The highest BCUT2D eigenvalue weighted by atomic mass is 35.5. The molecule has 24 heavy (non-hydrogen) atoms. The maximum atomic E-state index is 13.1. The van der Waals surface area contributed by atoms with E-state index < -0.39 is 17.2 Å². The molecule has 5 nitrogen and oxygen atoms in total. The zero-order chi connectivity index (χ0) is 16.9. The number of carbonyl (C=O) groups excluding carboxylic acids is 3. The van der Waals surface area contributed by atoms with Crippen LogP contribution >= 0.6 is 11.6 Å². The monoisotopic (exact) mass is 340 g/mol. The minimum absolute atomic E-state index is 0.177. The van der Waals surface area contributed by atoms with Crippen LogP contribution in [0.4, 0.5) is 5.69 Å². The number of nitrogens with zero attached hydrogens (tertiary/aromatic N) is 1. The number of anilines is 1. The van der Waals surface area contributed by atoms with Crippen molar-refractivity contribution < 1.29 is 14.4 Å². The van der Waals surface area contributed by atoms with Crippen LogP contribution in [-0.4, -0.2) is 17.7 Å². The zero-order valence-corrected chi connectivity index (χ0v) is 13.3. The molecule has 0 aliphatic carbocycles. The van der Waals surface area contributed by atoms with Crippen LogP contribution in [0, 0.1) is 0 Å². The van der Waals surface area contributed by atoms with Gasteiger partial charge in [0.15, 0.2) is 5.41 Å². The van der Waals surface area contributed by atoms with Gasteiger partial charge in [-0.3, -0.25) is 19.7 Å². The first-order valence-electron chi connectivity index (χ1n) is 7.52. The van der Waals surface area contributed by atoms with Gasteiger partial charge >= 0.3 is 0 Å². The summed E-state index contributed by atoms with van der Waals surface area (Å²) < 4.78 is 0. The molecule has 2 heterocycles. The quantitative estimate of drug-likeness (QED) is 0.673. The van der Waals surface area contributed by atoms with E-state index in [4.69, 9.17) is 11.6 Å². The molecule has 0 radical (unpaired) electrons. The second-order valence-corrected chi connectivity index (χ2v) is 6.43. The summed E-state index contributed by atoms with van der Waals surface area (Å²) in [6.45, 7) is 0.331. The lowest BCUT2D eigenvalue weighted by Crippen LogP contribution is -2.45. The largest absolute Gasteiger partial charge is 0.306 e. The van der Waals surface area contributed by atoms with Crippen LogP contribution in [0.5, 0.6) is 0 Å². The number of hydrogen-bond acceptors (Lipinski definition) is 3. The molecule has 2 aliphatic rings. The Labute approximate surface area is 143 Å². The Morgan fingerprint density at radius 1 is 1.08 bits per heavy atom. The van der Waals surface area contributed by atoms with E-state index in [1.54, 1.807) is 23.1 Å². The third-order valence-corrected chi connectivity index (χ3v) is 4.80. The second-order valence-electron chi connectivity index (χ2n) is 6.00.